The monoisotopic (exact) mass is 449 g/mol. The van der Waals surface area contributed by atoms with Gasteiger partial charge in [0.15, 0.2) is 0 Å². The van der Waals surface area contributed by atoms with Crippen LogP contribution in [-0.2, 0) is 10.2 Å². The van der Waals surface area contributed by atoms with E-state index in [1.807, 2.05) is 24.3 Å². The van der Waals surface area contributed by atoms with Gasteiger partial charge < -0.3 is 9.67 Å². The van der Waals surface area contributed by atoms with Crippen LogP contribution in [0.2, 0.25) is 0 Å². The Morgan fingerprint density at radius 1 is 1.03 bits per heavy atom. The number of nitrogens with one attached hydrogen (secondary N) is 1. The lowest BCUT2D eigenvalue weighted by atomic mass is 9.89. The first-order valence-electron chi connectivity index (χ1n) is 10.8. The molecule has 31 heavy (non-hydrogen) atoms. The second kappa shape index (κ2) is 12.1. The molecule has 1 heterocycles. The van der Waals surface area contributed by atoms with Gasteiger partial charge in [-0.25, -0.2) is 4.72 Å². The number of aryl methyl sites for hydroxylation is 1. The summed E-state index contributed by atoms with van der Waals surface area (Å²) in [5, 5.41) is 9.26. The maximum absolute atomic E-state index is 12.7. The first-order valence-corrected chi connectivity index (χ1v) is 12.2. The highest BCUT2D eigenvalue weighted by Gasteiger charge is 2.20. The molecule has 172 valence electrons. The second-order valence-electron chi connectivity index (χ2n) is 8.10. The molecule has 0 aliphatic rings. The Labute approximate surface area is 185 Å². The van der Waals surface area contributed by atoms with Crippen molar-refractivity contribution in [2.45, 2.75) is 51.0 Å². The molecule has 0 spiro atoms. The van der Waals surface area contributed by atoms with Crippen molar-refractivity contribution < 1.29 is 13.5 Å². The van der Waals surface area contributed by atoms with E-state index in [9.17, 15) is 18.3 Å². The second-order valence-corrected chi connectivity index (χ2v) is 10.1. The zero-order chi connectivity index (χ0) is 22.9. The fourth-order valence-corrected chi connectivity index (χ4v) is 4.38. The van der Waals surface area contributed by atoms with Gasteiger partial charge >= 0.3 is 0 Å². The Balaban J connectivity index is 2.14. The Morgan fingerprint density at radius 2 is 1.71 bits per heavy atom. The summed E-state index contributed by atoms with van der Waals surface area (Å²) in [5.74, 6) is 0.321. The van der Waals surface area contributed by atoms with Gasteiger partial charge in [0, 0.05) is 39.0 Å². The molecule has 0 fully saturated rings. The van der Waals surface area contributed by atoms with Crippen molar-refractivity contribution in [3.05, 3.63) is 70.1 Å². The lowest BCUT2D eigenvalue weighted by Gasteiger charge is -2.23. The van der Waals surface area contributed by atoms with E-state index < -0.39 is 10.2 Å². The summed E-state index contributed by atoms with van der Waals surface area (Å²) in [7, 11) is -0.632. The van der Waals surface area contributed by atoms with E-state index in [2.05, 4.69) is 16.9 Å². The number of rotatable bonds is 13. The van der Waals surface area contributed by atoms with E-state index in [1.54, 1.807) is 23.8 Å². The third-order valence-corrected chi connectivity index (χ3v) is 7.10. The molecule has 8 heteroatoms. The molecule has 0 radical (unpaired) electrons. The Morgan fingerprint density at radius 3 is 2.35 bits per heavy atom. The number of hydrogen-bond acceptors (Lipinski definition) is 4. The Hall–Kier alpha value is -2.00. The first kappa shape index (κ1) is 25.3. The summed E-state index contributed by atoms with van der Waals surface area (Å²) in [6, 6.07) is 13.5. The van der Waals surface area contributed by atoms with E-state index in [0.717, 1.165) is 30.0 Å². The lowest BCUT2D eigenvalue weighted by molar-refractivity contribution is 0.277. The molecule has 0 aliphatic heterocycles. The number of aliphatic hydroxyl groups excluding tert-OH is 1. The minimum atomic E-state index is -3.58. The van der Waals surface area contributed by atoms with Crippen LogP contribution in [0.4, 0.5) is 0 Å². The third kappa shape index (κ3) is 7.57. The number of hydrogen-bond donors (Lipinski definition) is 2. The SMILES string of the molecule is Cc1cccn(C(CCC[C@H](CCCO)c2ccccc2)CNS(=O)(=O)N(C)C)c1=O. The topological polar surface area (TPSA) is 91.6 Å². The van der Waals surface area contributed by atoms with Gasteiger partial charge in [0.05, 0.1) is 6.04 Å². The fraction of sp³-hybridized carbons (Fsp3) is 0.522. The molecule has 1 unspecified atom stereocenters. The van der Waals surface area contributed by atoms with Gasteiger partial charge in [-0.2, -0.15) is 12.7 Å². The summed E-state index contributed by atoms with van der Waals surface area (Å²) < 4.78 is 29.8. The first-order chi connectivity index (χ1) is 14.8. The van der Waals surface area contributed by atoms with E-state index in [1.165, 1.54) is 19.7 Å². The van der Waals surface area contributed by atoms with Gasteiger partial charge in [0.1, 0.15) is 0 Å². The molecular formula is C23H35N3O4S. The van der Waals surface area contributed by atoms with Crippen LogP contribution in [0.3, 0.4) is 0 Å². The van der Waals surface area contributed by atoms with Crippen LogP contribution < -0.4 is 10.3 Å². The molecule has 2 rings (SSSR count). The van der Waals surface area contributed by atoms with E-state index in [-0.39, 0.29) is 24.8 Å². The van der Waals surface area contributed by atoms with Gasteiger partial charge in [-0.05, 0) is 50.2 Å². The predicted octanol–water partition coefficient (Wildman–Crippen LogP) is 2.82. The number of pyridine rings is 1. The van der Waals surface area contributed by atoms with Gasteiger partial charge in [-0.3, -0.25) is 4.79 Å². The van der Waals surface area contributed by atoms with Crippen molar-refractivity contribution in [1.82, 2.24) is 13.6 Å². The number of nitrogens with zero attached hydrogens (tertiary/aromatic N) is 2. The van der Waals surface area contributed by atoms with Crippen molar-refractivity contribution in [2.24, 2.45) is 0 Å². The number of aliphatic hydroxyl groups is 1. The molecule has 2 N–H and O–H groups in total. The van der Waals surface area contributed by atoms with Crippen molar-refractivity contribution in [2.75, 3.05) is 27.2 Å². The van der Waals surface area contributed by atoms with Crippen LogP contribution in [-0.4, -0.2) is 49.6 Å². The van der Waals surface area contributed by atoms with Crippen molar-refractivity contribution in [3.63, 3.8) is 0 Å². The normalized spacial score (nSPS) is 14.0. The highest BCUT2D eigenvalue weighted by molar-refractivity contribution is 7.87. The molecule has 0 bridgehead atoms. The summed E-state index contributed by atoms with van der Waals surface area (Å²) in [4.78, 5) is 12.7. The lowest BCUT2D eigenvalue weighted by Crippen LogP contribution is -2.40. The van der Waals surface area contributed by atoms with Gasteiger partial charge in [-0.1, -0.05) is 42.8 Å². The standard InChI is InChI=1S/C23H35N3O4S/c1-19-10-8-16-26(23(19)28)22(18-24-31(29,30)25(2)3)15-7-13-21(14-9-17-27)20-11-5-4-6-12-20/h4-6,8,10-12,16,21-22,24,27H,7,9,13-15,17-18H2,1-3H3/t21-,22?/m1/s1. The highest BCUT2D eigenvalue weighted by atomic mass is 32.2. The molecule has 1 aromatic carbocycles. The van der Waals surface area contributed by atoms with Gasteiger partial charge in [0.25, 0.3) is 15.8 Å². The van der Waals surface area contributed by atoms with Crippen LogP contribution in [0, 0.1) is 6.92 Å². The Bertz CT molecular complexity index is 958. The van der Waals surface area contributed by atoms with E-state index in [0.29, 0.717) is 17.9 Å². The average Bonchev–Trinajstić information content (AvgIpc) is 2.75. The molecule has 1 aromatic heterocycles. The molecule has 0 aliphatic carbocycles. The van der Waals surface area contributed by atoms with Crippen LogP contribution in [0.5, 0.6) is 0 Å². The van der Waals surface area contributed by atoms with Crippen molar-refractivity contribution >= 4 is 10.2 Å². The van der Waals surface area contributed by atoms with Crippen LogP contribution >= 0.6 is 0 Å². The van der Waals surface area contributed by atoms with Crippen LogP contribution in [0.15, 0.2) is 53.5 Å². The summed E-state index contributed by atoms with van der Waals surface area (Å²) in [6.45, 7) is 2.08. The minimum absolute atomic E-state index is 0.101. The fourth-order valence-electron chi connectivity index (χ4n) is 3.72. The van der Waals surface area contributed by atoms with E-state index >= 15 is 0 Å². The highest BCUT2D eigenvalue weighted by Crippen LogP contribution is 2.28. The third-order valence-electron chi connectivity index (χ3n) is 5.61. The van der Waals surface area contributed by atoms with Crippen LogP contribution in [0.25, 0.3) is 0 Å². The molecule has 0 amide bonds. The maximum Gasteiger partial charge on any atom is 0.279 e. The molecule has 0 saturated heterocycles. The summed E-state index contributed by atoms with van der Waals surface area (Å²) in [6.07, 6.45) is 5.76. The predicted molar refractivity (Wildman–Crippen MR) is 124 cm³/mol. The summed E-state index contributed by atoms with van der Waals surface area (Å²) >= 11 is 0. The quantitative estimate of drug-likeness (QED) is 0.492. The zero-order valence-electron chi connectivity index (χ0n) is 18.7. The number of benzene rings is 1. The minimum Gasteiger partial charge on any atom is -0.396 e. The molecule has 2 aromatic rings. The van der Waals surface area contributed by atoms with Crippen molar-refractivity contribution in [3.8, 4) is 0 Å². The Kier molecular flexibility index (Phi) is 9.90. The number of aromatic nitrogens is 1. The maximum atomic E-state index is 12.7. The molecular weight excluding hydrogens is 414 g/mol. The van der Waals surface area contributed by atoms with E-state index in [4.69, 9.17) is 0 Å². The van der Waals surface area contributed by atoms with Gasteiger partial charge in [0.2, 0.25) is 0 Å². The average molecular weight is 450 g/mol. The summed E-state index contributed by atoms with van der Waals surface area (Å²) in [5.41, 5.74) is 1.78. The zero-order valence-corrected chi connectivity index (χ0v) is 19.5. The molecule has 2 atom stereocenters. The van der Waals surface area contributed by atoms with Crippen LogP contribution in [0.1, 0.15) is 55.2 Å². The van der Waals surface area contributed by atoms with Crippen molar-refractivity contribution in [1.29, 1.82) is 0 Å². The smallest absolute Gasteiger partial charge is 0.279 e. The molecule has 7 nitrogen and oxygen atoms in total. The van der Waals surface area contributed by atoms with Gasteiger partial charge in [-0.15, -0.1) is 0 Å². The largest absolute Gasteiger partial charge is 0.396 e. The molecule has 0 saturated carbocycles.